The summed E-state index contributed by atoms with van der Waals surface area (Å²) in [6.45, 7) is 4.02. The van der Waals surface area contributed by atoms with E-state index >= 15 is 0 Å². The molecule has 1 aromatic heterocycles. The molecule has 5 heterocycles. The van der Waals surface area contributed by atoms with Crippen LogP contribution in [0.1, 0.15) is 31.5 Å². The van der Waals surface area contributed by atoms with Crippen molar-refractivity contribution in [3.63, 3.8) is 0 Å². The predicted octanol–water partition coefficient (Wildman–Crippen LogP) is -0.158. The summed E-state index contributed by atoms with van der Waals surface area (Å²) in [5.41, 5.74) is 0. The van der Waals surface area contributed by atoms with E-state index in [0.717, 1.165) is 51.1 Å². The highest BCUT2D eigenvalue weighted by Gasteiger charge is 2.52. The molecule has 9 nitrogen and oxygen atoms in total. The lowest BCUT2D eigenvalue weighted by Crippen LogP contribution is -2.68. The maximum Gasteiger partial charge on any atom is 0.246 e. The lowest BCUT2D eigenvalue weighted by molar-refractivity contribution is -0.164. The Hall–Kier alpha value is -2.29. The van der Waals surface area contributed by atoms with Crippen molar-refractivity contribution in [1.82, 2.24) is 35.3 Å². The van der Waals surface area contributed by atoms with Crippen LogP contribution in [0.2, 0.25) is 0 Å². The number of nitrogens with one attached hydrogen (secondary N) is 1. The van der Waals surface area contributed by atoms with Gasteiger partial charge in [0.25, 0.3) is 0 Å². The molecule has 2 bridgehead atoms. The zero-order chi connectivity index (χ0) is 19.1. The summed E-state index contributed by atoms with van der Waals surface area (Å²) >= 11 is 0. The Kier molecular flexibility index (Phi) is 4.62. The number of amides is 2. The Labute approximate surface area is 164 Å². The molecular weight excluding hydrogens is 358 g/mol. The van der Waals surface area contributed by atoms with Crippen molar-refractivity contribution in [2.24, 2.45) is 11.8 Å². The number of carbonyl (C=O) groups is 2. The molecule has 4 aliphatic rings. The number of rotatable bonds is 4. The van der Waals surface area contributed by atoms with Crippen LogP contribution in [0.3, 0.4) is 0 Å². The first-order valence-corrected chi connectivity index (χ1v) is 10.4. The van der Waals surface area contributed by atoms with Gasteiger partial charge in [-0.1, -0.05) is 17.4 Å². The molecule has 1 N–H and O–H groups in total. The molecule has 0 aromatic carbocycles. The highest BCUT2D eigenvalue weighted by atomic mass is 16.2. The molecule has 9 heteroatoms. The molecule has 4 atom stereocenters. The first kappa shape index (κ1) is 17.8. The third-order valence-electron chi connectivity index (χ3n) is 6.84. The van der Waals surface area contributed by atoms with Crippen LogP contribution in [0, 0.1) is 11.8 Å². The van der Waals surface area contributed by atoms with E-state index in [2.05, 4.69) is 25.5 Å². The van der Waals surface area contributed by atoms with Crippen LogP contribution < -0.4 is 0 Å². The number of aromatic amines is 1. The quantitative estimate of drug-likeness (QED) is 0.724. The minimum absolute atomic E-state index is 0.133. The Morgan fingerprint density at radius 2 is 2.04 bits per heavy atom. The minimum Gasteiger partial charge on any atom is -0.333 e. The van der Waals surface area contributed by atoms with Crippen LogP contribution in [-0.2, 0) is 16.0 Å². The number of likely N-dealkylation sites (tertiary alicyclic amines) is 1. The Bertz CT molecular complexity index is 756. The van der Waals surface area contributed by atoms with E-state index in [0.29, 0.717) is 25.4 Å². The van der Waals surface area contributed by atoms with Crippen LogP contribution in [-0.4, -0.2) is 91.9 Å². The van der Waals surface area contributed by atoms with Gasteiger partial charge in [0.15, 0.2) is 5.82 Å². The van der Waals surface area contributed by atoms with Gasteiger partial charge in [0.2, 0.25) is 11.8 Å². The number of carbonyl (C=O) groups excluding carboxylic acids is 2. The van der Waals surface area contributed by atoms with Gasteiger partial charge in [-0.25, -0.2) is 0 Å². The second-order valence-electron chi connectivity index (χ2n) is 8.51. The summed E-state index contributed by atoms with van der Waals surface area (Å²) in [7, 11) is 0. The second kappa shape index (κ2) is 7.27. The van der Waals surface area contributed by atoms with E-state index in [1.54, 1.807) is 0 Å². The topological polar surface area (TPSA) is 98.3 Å². The van der Waals surface area contributed by atoms with Gasteiger partial charge in [-0.2, -0.15) is 5.21 Å². The highest BCUT2D eigenvalue weighted by Crippen LogP contribution is 2.42. The van der Waals surface area contributed by atoms with E-state index < -0.39 is 0 Å². The molecule has 28 heavy (non-hydrogen) atoms. The van der Waals surface area contributed by atoms with E-state index in [9.17, 15) is 9.59 Å². The molecule has 0 saturated carbocycles. The van der Waals surface area contributed by atoms with Crippen LogP contribution in [0.15, 0.2) is 12.2 Å². The first-order valence-electron chi connectivity index (χ1n) is 10.4. The average molecular weight is 385 g/mol. The third kappa shape index (κ3) is 3.11. The molecule has 3 fully saturated rings. The standard InChI is InChI=1S/C19H27N7O2/c27-17-5-3-4-15-13-10-14(12-24(11-13)9-6-16-20-22-23-21-16)18(26(15)17)19(28)25-7-1-2-8-25/h1-2,13-15,18H,3-12H2,(H,20,21,22,23)/t13-,14+,15+,18-/m1/s1. The zero-order valence-electron chi connectivity index (χ0n) is 16.0. The lowest BCUT2D eigenvalue weighted by atomic mass is 9.71. The maximum absolute atomic E-state index is 13.4. The Morgan fingerprint density at radius 1 is 1.21 bits per heavy atom. The maximum atomic E-state index is 13.4. The number of H-pyrrole nitrogens is 1. The number of hydrogen-bond donors (Lipinski definition) is 1. The van der Waals surface area contributed by atoms with E-state index in [1.165, 1.54) is 0 Å². The van der Waals surface area contributed by atoms with Gasteiger partial charge in [-0.05, 0) is 25.2 Å². The lowest BCUT2D eigenvalue weighted by Gasteiger charge is -2.56. The number of piperidine rings is 3. The van der Waals surface area contributed by atoms with Crippen molar-refractivity contribution in [2.45, 2.75) is 44.2 Å². The van der Waals surface area contributed by atoms with Crippen molar-refractivity contribution in [1.29, 1.82) is 0 Å². The summed E-state index contributed by atoms with van der Waals surface area (Å²) in [4.78, 5) is 32.6. The number of hydrogen-bond acceptors (Lipinski definition) is 6. The van der Waals surface area contributed by atoms with Gasteiger partial charge >= 0.3 is 0 Å². The van der Waals surface area contributed by atoms with Crippen LogP contribution in [0.4, 0.5) is 0 Å². The monoisotopic (exact) mass is 385 g/mol. The molecule has 150 valence electrons. The fourth-order valence-electron chi connectivity index (χ4n) is 5.65. The molecule has 3 saturated heterocycles. The zero-order valence-corrected chi connectivity index (χ0v) is 16.0. The molecule has 1 aromatic rings. The number of aromatic nitrogens is 4. The van der Waals surface area contributed by atoms with Crippen molar-refractivity contribution < 1.29 is 9.59 Å². The molecule has 0 unspecified atom stereocenters. The van der Waals surface area contributed by atoms with Gasteiger partial charge in [-0.3, -0.25) is 9.59 Å². The highest BCUT2D eigenvalue weighted by molar-refractivity contribution is 5.89. The van der Waals surface area contributed by atoms with Crippen molar-refractivity contribution in [3.05, 3.63) is 18.0 Å². The fourth-order valence-corrected chi connectivity index (χ4v) is 5.65. The van der Waals surface area contributed by atoms with Crippen LogP contribution in [0.5, 0.6) is 0 Å². The van der Waals surface area contributed by atoms with Crippen LogP contribution in [0.25, 0.3) is 0 Å². The molecule has 0 radical (unpaired) electrons. The van der Waals surface area contributed by atoms with Crippen molar-refractivity contribution in [3.8, 4) is 0 Å². The average Bonchev–Trinajstić information content (AvgIpc) is 3.41. The summed E-state index contributed by atoms with van der Waals surface area (Å²) < 4.78 is 0. The molecule has 0 aliphatic carbocycles. The number of nitrogens with zero attached hydrogens (tertiary/aromatic N) is 6. The number of fused-ring (bicyclic) bond motifs is 4. The first-order chi connectivity index (χ1) is 13.7. The molecule has 2 amide bonds. The largest absolute Gasteiger partial charge is 0.333 e. The van der Waals surface area contributed by atoms with Gasteiger partial charge in [0, 0.05) is 57.5 Å². The molecule has 0 spiro atoms. The predicted molar refractivity (Wildman–Crippen MR) is 99.9 cm³/mol. The summed E-state index contributed by atoms with van der Waals surface area (Å²) in [5, 5.41) is 14.2. The van der Waals surface area contributed by atoms with Crippen molar-refractivity contribution >= 4 is 11.8 Å². The summed E-state index contributed by atoms with van der Waals surface area (Å²) in [6.07, 6.45) is 8.41. The molecule has 4 aliphatic heterocycles. The SMILES string of the molecule is O=C([C@H]1[C@H]2C[C@H](CN(CCc3nn[nH]n3)C2)[C@@H]2CCCC(=O)N21)N1CC=CC1. The van der Waals surface area contributed by atoms with E-state index in [-0.39, 0.29) is 29.8 Å². The normalized spacial score (nSPS) is 32.6. The van der Waals surface area contributed by atoms with Crippen LogP contribution >= 0.6 is 0 Å². The second-order valence-corrected chi connectivity index (χ2v) is 8.51. The third-order valence-corrected chi connectivity index (χ3v) is 6.84. The van der Waals surface area contributed by atoms with Gasteiger partial charge in [0.1, 0.15) is 6.04 Å². The van der Waals surface area contributed by atoms with Gasteiger partial charge < -0.3 is 14.7 Å². The Balaban J connectivity index is 1.37. The Morgan fingerprint density at radius 3 is 2.82 bits per heavy atom. The van der Waals surface area contributed by atoms with E-state index in [1.807, 2.05) is 22.0 Å². The smallest absolute Gasteiger partial charge is 0.246 e. The minimum atomic E-state index is -0.304. The summed E-state index contributed by atoms with van der Waals surface area (Å²) in [5.74, 6) is 1.69. The summed E-state index contributed by atoms with van der Waals surface area (Å²) in [6, 6.07) is -0.100. The number of tetrazole rings is 1. The van der Waals surface area contributed by atoms with E-state index in [4.69, 9.17) is 0 Å². The molecular formula is C19H27N7O2. The fraction of sp³-hybridized carbons (Fsp3) is 0.737. The van der Waals surface area contributed by atoms with Gasteiger partial charge in [-0.15, -0.1) is 10.2 Å². The van der Waals surface area contributed by atoms with Gasteiger partial charge in [0.05, 0.1) is 0 Å². The van der Waals surface area contributed by atoms with Crippen molar-refractivity contribution in [2.75, 3.05) is 32.7 Å². The molecule has 5 rings (SSSR count).